The Bertz CT molecular complexity index is 1690. The van der Waals surface area contributed by atoms with E-state index in [0.29, 0.717) is 52.9 Å². The molecule has 1 heterocycles. The van der Waals surface area contributed by atoms with Gasteiger partial charge in [0.1, 0.15) is 12.4 Å². The molecular weight excluding hydrogens is 606 g/mol. The largest absolute Gasteiger partial charge is 0.488 e. The van der Waals surface area contributed by atoms with Crippen molar-refractivity contribution in [2.24, 2.45) is 4.99 Å². The van der Waals surface area contributed by atoms with Crippen LogP contribution in [0, 0.1) is 13.8 Å². The van der Waals surface area contributed by atoms with Gasteiger partial charge in [-0.2, -0.15) is 0 Å². The normalized spacial score (nSPS) is 15.3. The number of anilines is 1. The van der Waals surface area contributed by atoms with Crippen LogP contribution in [0.3, 0.4) is 0 Å². The van der Waals surface area contributed by atoms with Crippen LogP contribution in [0.4, 0.5) is 11.4 Å². The standard InChI is InChI=1S/C31H22Cl4N2O2S/c1-18-7-10-23(15-26(18)34)36-31-37(24-11-8-19(2)27(35)16-24)30(38)29(40-31)14-21-13-22(32)9-12-28(21)39-17-20-5-3-4-6-25(20)33/h3-16H,17H2,1-2H3/b29-14+,36-31?. The van der Waals surface area contributed by atoms with Gasteiger partial charge in [0.15, 0.2) is 5.17 Å². The van der Waals surface area contributed by atoms with Crippen molar-refractivity contribution in [1.82, 2.24) is 0 Å². The van der Waals surface area contributed by atoms with Crippen LogP contribution in [0.1, 0.15) is 22.3 Å². The molecule has 0 radical (unpaired) electrons. The van der Waals surface area contributed by atoms with Crippen LogP contribution < -0.4 is 9.64 Å². The molecule has 4 nitrogen and oxygen atoms in total. The maximum atomic E-state index is 13.8. The Balaban J connectivity index is 1.54. The molecule has 1 amide bonds. The van der Waals surface area contributed by atoms with Gasteiger partial charge >= 0.3 is 0 Å². The highest BCUT2D eigenvalue weighted by molar-refractivity contribution is 8.19. The van der Waals surface area contributed by atoms with Gasteiger partial charge in [0.05, 0.1) is 16.3 Å². The van der Waals surface area contributed by atoms with E-state index in [1.165, 1.54) is 11.8 Å². The molecule has 0 bridgehead atoms. The minimum atomic E-state index is -0.251. The van der Waals surface area contributed by atoms with E-state index in [4.69, 9.17) is 56.1 Å². The van der Waals surface area contributed by atoms with Crippen molar-refractivity contribution < 1.29 is 9.53 Å². The van der Waals surface area contributed by atoms with E-state index in [9.17, 15) is 4.79 Å². The molecule has 0 spiro atoms. The summed E-state index contributed by atoms with van der Waals surface area (Å²) in [6, 6.07) is 23.7. The maximum Gasteiger partial charge on any atom is 0.271 e. The first-order valence-corrected chi connectivity index (χ1v) is 14.5. The van der Waals surface area contributed by atoms with E-state index in [0.717, 1.165) is 16.7 Å². The molecule has 1 aliphatic rings. The van der Waals surface area contributed by atoms with Crippen molar-refractivity contribution in [2.45, 2.75) is 20.5 Å². The first-order chi connectivity index (χ1) is 19.2. The van der Waals surface area contributed by atoms with Crippen LogP contribution in [0.5, 0.6) is 5.75 Å². The average Bonchev–Trinajstić information content (AvgIpc) is 3.22. The van der Waals surface area contributed by atoms with Gasteiger partial charge in [-0.25, -0.2) is 4.99 Å². The van der Waals surface area contributed by atoms with E-state index in [1.54, 1.807) is 41.3 Å². The van der Waals surface area contributed by atoms with Gasteiger partial charge in [0.25, 0.3) is 5.91 Å². The number of aliphatic imine (C=N–C) groups is 1. The number of amidine groups is 1. The Labute approximate surface area is 257 Å². The predicted molar refractivity (Wildman–Crippen MR) is 170 cm³/mol. The molecule has 0 atom stereocenters. The van der Waals surface area contributed by atoms with Crippen molar-refractivity contribution in [1.29, 1.82) is 0 Å². The van der Waals surface area contributed by atoms with E-state index in [1.807, 2.05) is 62.4 Å². The number of halogens is 4. The molecule has 0 aromatic heterocycles. The lowest BCUT2D eigenvalue weighted by molar-refractivity contribution is -0.113. The summed E-state index contributed by atoms with van der Waals surface area (Å²) in [4.78, 5) is 20.6. The van der Waals surface area contributed by atoms with Crippen LogP contribution >= 0.6 is 58.2 Å². The summed E-state index contributed by atoms with van der Waals surface area (Å²) in [5.74, 6) is 0.310. The fraction of sp³-hybridized carbons (Fsp3) is 0.0968. The Morgan fingerprint density at radius 3 is 2.30 bits per heavy atom. The molecule has 5 rings (SSSR count). The number of carbonyl (C=O) groups excluding carboxylic acids is 1. The summed E-state index contributed by atoms with van der Waals surface area (Å²) in [5.41, 5.74) is 4.57. The number of ether oxygens (including phenoxy) is 1. The predicted octanol–water partition coefficient (Wildman–Crippen LogP) is 10.3. The Kier molecular flexibility index (Phi) is 8.79. The Hall–Kier alpha value is -2.93. The number of thioether (sulfide) groups is 1. The number of carbonyl (C=O) groups is 1. The van der Waals surface area contributed by atoms with Gasteiger partial charge in [-0.05, 0) is 91.3 Å². The van der Waals surface area contributed by atoms with Crippen LogP contribution in [0.2, 0.25) is 20.1 Å². The molecule has 40 heavy (non-hydrogen) atoms. The molecule has 0 aliphatic carbocycles. The van der Waals surface area contributed by atoms with Crippen molar-refractivity contribution in [2.75, 3.05) is 4.90 Å². The zero-order chi connectivity index (χ0) is 28.4. The molecule has 202 valence electrons. The molecule has 4 aromatic rings. The third-order valence-corrected chi connectivity index (χ3v) is 8.59. The van der Waals surface area contributed by atoms with Gasteiger partial charge < -0.3 is 4.74 Å². The van der Waals surface area contributed by atoms with Crippen molar-refractivity contribution in [3.8, 4) is 5.75 Å². The molecule has 0 unspecified atom stereocenters. The van der Waals surface area contributed by atoms with Gasteiger partial charge in [-0.15, -0.1) is 0 Å². The fourth-order valence-corrected chi connectivity index (χ4v) is 5.65. The first-order valence-electron chi connectivity index (χ1n) is 12.2. The van der Waals surface area contributed by atoms with E-state index < -0.39 is 0 Å². The number of rotatable bonds is 6. The highest BCUT2D eigenvalue weighted by atomic mass is 35.5. The number of aryl methyl sites for hydroxylation is 2. The fourth-order valence-electron chi connectivity index (χ4n) is 3.93. The van der Waals surface area contributed by atoms with Crippen LogP contribution in [-0.4, -0.2) is 11.1 Å². The molecule has 1 fully saturated rings. The lowest BCUT2D eigenvalue weighted by Crippen LogP contribution is -2.28. The second kappa shape index (κ2) is 12.3. The van der Waals surface area contributed by atoms with Gasteiger partial charge in [-0.1, -0.05) is 76.7 Å². The SMILES string of the molecule is Cc1ccc(N=C2S/C(=C/c3cc(Cl)ccc3OCc3ccccc3Cl)C(=O)N2c2ccc(C)c(Cl)c2)cc1Cl. The maximum absolute atomic E-state index is 13.8. The number of benzene rings is 4. The summed E-state index contributed by atoms with van der Waals surface area (Å²) in [7, 11) is 0. The molecular formula is C31H22Cl4N2O2S. The van der Waals surface area contributed by atoms with E-state index in [2.05, 4.69) is 0 Å². The molecule has 9 heteroatoms. The van der Waals surface area contributed by atoms with Crippen molar-refractivity contribution >= 4 is 86.7 Å². The van der Waals surface area contributed by atoms with E-state index >= 15 is 0 Å². The topological polar surface area (TPSA) is 41.9 Å². The number of nitrogens with zero attached hydrogens (tertiary/aromatic N) is 2. The highest BCUT2D eigenvalue weighted by Crippen LogP contribution is 2.40. The number of hydrogen-bond donors (Lipinski definition) is 0. The molecule has 4 aromatic carbocycles. The monoisotopic (exact) mass is 626 g/mol. The van der Waals surface area contributed by atoms with Gasteiger partial charge in [0.2, 0.25) is 0 Å². The van der Waals surface area contributed by atoms with Crippen molar-refractivity contribution in [3.05, 3.63) is 126 Å². The number of amides is 1. The van der Waals surface area contributed by atoms with Gasteiger partial charge in [0, 0.05) is 31.2 Å². The summed E-state index contributed by atoms with van der Waals surface area (Å²) in [5, 5.41) is 2.74. The smallest absolute Gasteiger partial charge is 0.271 e. The quantitative estimate of drug-likeness (QED) is 0.200. The summed E-state index contributed by atoms with van der Waals surface area (Å²) in [6.45, 7) is 4.09. The van der Waals surface area contributed by atoms with E-state index in [-0.39, 0.29) is 12.5 Å². The Morgan fingerprint density at radius 2 is 1.57 bits per heavy atom. The third-order valence-electron chi connectivity index (χ3n) is 6.20. The Morgan fingerprint density at radius 1 is 0.850 bits per heavy atom. The van der Waals surface area contributed by atoms with Crippen LogP contribution in [0.25, 0.3) is 6.08 Å². The minimum Gasteiger partial charge on any atom is -0.488 e. The third kappa shape index (κ3) is 6.35. The molecule has 1 saturated heterocycles. The second-order valence-corrected chi connectivity index (χ2v) is 11.7. The molecule has 0 N–H and O–H groups in total. The molecule has 0 saturated carbocycles. The summed E-state index contributed by atoms with van der Waals surface area (Å²) >= 11 is 26.7. The molecule has 1 aliphatic heterocycles. The first kappa shape index (κ1) is 28.6. The minimum absolute atomic E-state index is 0.251. The summed E-state index contributed by atoms with van der Waals surface area (Å²) < 4.78 is 6.11. The van der Waals surface area contributed by atoms with Crippen LogP contribution in [-0.2, 0) is 11.4 Å². The lowest BCUT2D eigenvalue weighted by atomic mass is 10.1. The van der Waals surface area contributed by atoms with Crippen LogP contribution in [0.15, 0.2) is 88.8 Å². The van der Waals surface area contributed by atoms with Gasteiger partial charge in [-0.3, -0.25) is 9.69 Å². The number of hydrogen-bond acceptors (Lipinski definition) is 4. The zero-order valence-corrected chi connectivity index (χ0v) is 25.3. The van der Waals surface area contributed by atoms with Crippen molar-refractivity contribution in [3.63, 3.8) is 0 Å². The zero-order valence-electron chi connectivity index (χ0n) is 21.4. The average molecular weight is 628 g/mol. The highest BCUT2D eigenvalue weighted by Gasteiger charge is 2.35. The summed E-state index contributed by atoms with van der Waals surface area (Å²) in [6.07, 6.45) is 1.76. The second-order valence-electron chi connectivity index (χ2n) is 9.07. The lowest BCUT2D eigenvalue weighted by Gasteiger charge is -2.16.